The first-order valence-electron chi connectivity index (χ1n) is 6.45. The van der Waals surface area contributed by atoms with Crippen molar-refractivity contribution in [2.24, 2.45) is 5.84 Å². The molecule has 0 bridgehead atoms. The summed E-state index contributed by atoms with van der Waals surface area (Å²) in [5.41, 5.74) is 2.10. The third-order valence-electron chi connectivity index (χ3n) is 3.19. The highest BCUT2D eigenvalue weighted by Gasteiger charge is 2.30. The third kappa shape index (κ3) is 6.11. The lowest BCUT2D eigenvalue weighted by Crippen LogP contribution is -2.47. The van der Waals surface area contributed by atoms with Gasteiger partial charge in [-0.15, -0.1) is 0 Å². The summed E-state index contributed by atoms with van der Waals surface area (Å²) in [6, 6.07) is 0. The van der Waals surface area contributed by atoms with E-state index in [2.05, 4.69) is 10.3 Å². The SMILES string of the molecule is CS(=O)(=O)C1CSCCN1CCCCCC(=O)NN. The summed E-state index contributed by atoms with van der Waals surface area (Å²) in [6.45, 7) is 1.61. The minimum Gasteiger partial charge on any atom is -0.294 e. The molecule has 0 aliphatic carbocycles. The van der Waals surface area contributed by atoms with E-state index in [1.54, 1.807) is 11.8 Å². The molecule has 0 aromatic rings. The fraction of sp³-hybridized carbons (Fsp3) is 0.909. The number of nitrogens with two attached hydrogens (primary N) is 1. The van der Waals surface area contributed by atoms with Crippen molar-refractivity contribution in [2.75, 3.05) is 30.9 Å². The molecule has 1 atom stereocenters. The number of hydrogen-bond acceptors (Lipinski definition) is 6. The van der Waals surface area contributed by atoms with Crippen molar-refractivity contribution in [1.29, 1.82) is 0 Å². The number of carbonyl (C=O) groups is 1. The molecule has 1 unspecified atom stereocenters. The molecule has 0 saturated carbocycles. The smallest absolute Gasteiger partial charge is 0.233 e. The van der Waals surface area contributed by atoms with Crippen LogP contribution in [0.4, 0.5) is 0 Å². The maximum atomic E-state index is 11.7. The number of hydrogen-bond donors (Lipinski definition) is 2. The Morgan fingerprint density at radius 1 is 1.42 bits per heavy atom. The number of sulfone groups is 1. The van der Waals surface area contributed by atoms with Gasteiger partial charge in [0.2, 0.25) is 5.91 Å². The molecule has 1 rings (SSSR count). The summed E-state index contributed by atoms with van der Waals surface area (Å²) in [7, 11) is -3.01. The van der Waals surface area contributed by atoms with Crippen LogP contribution in [0.15, 0.2) is 0 Å². The molecule has 1 aliphatic heterocycles. The lowest BCUT2D eigenvalue weighted by atomic mass is 10.2. The predicted molar refractivity (Wildman–Crippen MR) is 78.3 cm³/mol. The van der Waals surface area contributed by atoms with Gasteiger partial charge in [0.15, 0.2) is 9.84 Å². The van der Waals surface area contributed by atoms with Gasteiger partial charge in [0.25, 0.3) is 0 Å². The van der Waals surface area contributed by atoms with E-state index in [1.807, 2.05) is 0 Å². The maximum Gasteiger partial charge on any atom is 0.233 e. The highest BCUT2D eigenvalue weighted by atomic mass is 32.2. The van der Waals surface area contributed by atoms with Gasteiger partial charge in [-0.3, -0.25) is 15.1 Å². The number of rotatable bonds is 7. The summed E-state index contributed by atoms with van der Waals surface area (Å²) in [5, 5.41) is -0.349. The lowest BCUT2D eigenvalue weighted by molar-refractivity contribution is -0.121. The molecular weight excluding hydrogens is 286 g/mol. The Morgan fingerprint density at radius 3 is 2.79 bits per heavy atom. The van der Waals surface area contributed by atoms with Gasteiger partial charge in [0, 0.05) is 30.7 Å². The van der Waals surface area contributed by atoms with Crippen molar-refractivity contribution >= 4 is 27.5 Å². The molecule has 8 heteroatoms. The number of amides is 1. The fourth-order valence-corrected chi connectivity index (χ4v) is 5.09. The van der Waals surface area contributed by atoms with Crippen molar-refractivity contribution in [3.63, 3.8) is 0 Å². The van der Waals surface area contributed by atoms with Crippen molar-refractivity contribution in [3.8, 4) is 0 Å². The van der Waals surface area contributed by atoms with Gasteiger partial charge < -0.3 is 0 Å². The average molecular weight is 309 g/mol. The number of nitrogens with zero attached hydrogens (tertiary/aromatic N) is 1. The Labute approximate surface area is 119 Å². The van der Waals surface area contributed by atoms with Crippen LogP contribution in [0, 0.1) is 0 Å². The molecule has 1 aliphatic rings. The van der Waals surface area contributed by atoms with E-state index in [9.17, 15) is 13.2 Å². The van der Waals surface area contributed by atoms with Crippen LogP contribution in [-0.2, 0) is 14.6 Å². The molecule has 1 saturated heterocycles. The second-order valence-corrected chi connectivity index (χ2v) is 8.13. The van der Waals surface area contributed by atoms with Gasteiger partial charge >= 0.3 is 0 Å². The van der Waals surface area contributed by atoms with Gasteiger partial charge in [-0.25, -0.2) is 14.3 Å². The number of nitrogens with one attached hydrogen (secondary N) is 1. The van der Waals surface area contributed by atoms with Crippen molar-refractivity contribution in [2.45, 2.75) is 31.1 Å². The summed E-state index contributed by atoms with van der Waals surface area (Å²) in [4.78, 5) is 13.0. The molecule has 1 heterocycles. The zero-order valence-corrected chi connectivity index (χ0v) is 12.9. The molecule has 3 N–H and O–H groups in total. The third-order valence-corrected chi connectivity index (χ3v) is 5.88. The van der Waals surface area contributed by atoms with Crippen molar-refractivity contribution in [1.82, 2.24) is 10.3 Å². The molecule has 112 valence electrons. The molecule has 1 fully saturated rings. The van der Waals surface area contributed by atoms with Crippen molar-refractivity contribution in [3.05, 3.63) is 0 Å². The Kier molecular flexibility index (Phi) is 7.12. The lowest BCUT2D eigenvalue weighted by Gasteiger charge is -2.33. The Balaban J connectivity index is 2.28. The molecule has 19 heavy (non-hydrogen) atoms. The van der Waals surface area contributed by atoms with Gasteiger partial charge in [-0.2, -0.15) is 11.8 Å². The van der Waals surface area contributed by atoms with Gasteiger partial charge in [-0.05, 0) is 19.4 Å². The zero-order chi connectivity index (χ0) is 14.3. The Bertz CT molecular complexity index is 387. The van der Waals surface area contributed by atoms with Crippen molar-refractivity contribution < 1.29 is 13.2 Å². The highest BCUT2D eigenvalue weighted by molar-refractivity contribution is 8.00. The second kappa shape index (κ2) is 8.08. The van der Waals surface area contributed by atoms with E-state index in [4.69, 9.17) is 5.84 Å². The van der Waals surface area contributed by atoms with E-state index >= 15 is 0 Å². The summed E-state index contributed by atoms with van der Waals surface area (Å²) >= 11 is 1.70. The van der Waals surface area contributed by atoms with Crippen LogP contribution in [0.25, 0.3) is 0 Å². The quantitative estimate of drug-likeness (QED) is 0.297. The van der Waals surface area contributed by atoms with Crippen LogP contribution in [-0.4, -0.2) is 55.4 Å². The topological polar surface area (TPSA) is 92.5 Å². The van der Waals surface area contributed by atoms with Crippen LogP contribution in [0.5, 0.6) is 0 Å². The largest absolute Gasteiger partial charge is 0.294 e. The highest BCUT2D eigenvalue weighted by Crippen LogP contribution is 2.20. The molecule has 0 aromatic carbocycles. The van der Waals surface area contributed by atoms with Crippen LogP contribution in [0.2, 0.25) is 0 Å². The summed E-state index contributed by atoms with van der Waals surface area (Å²) in [6.07, 6.45) is 4.35. The number of unbranched alkanes of at least 4 members (excludes halogenated alkanes) is 2. The van der Waals surface area contributed by atoms with E-state index in [-0.39, 0.29) is 11.3 Å². The van der Waals surface area contributed by atoms with Crippen LogP contribution in [0.3, 0.4) is 0 Å². The number of carbonyl (C=O) groups excluding carboxylic acids is 1. The summed E-state index contributed by atoms with van der Waals surface area (Å²) < 4.78 is 23.4. The van der Waals surface area contributed by atoms with Crippen LogP contribution in [0.1, 0.15) is 25.7 Å². The predicted octanol–water partition coefficient (Wildman–Crippen LogP) is -0.0438. The first-order valence-corrected chi connectivity index (χ1v) is 9.56. The van der Waals surface area contributed by atoms with E-state index in [1.165, 1.54) is 6.26 Å². The average Bonchev–Trinajstić information content (AvgIpc) is 2.37. The first-order chi connectivity index (χ1) is 8.95. The Hall–Kier alpha value is -0.310. The van der Waals surface area contributed by atoms with Gasteiger partial charge in [0.05, 0.1) is 0 Å². The Morgan fingerprint density at radius 2 is 2.16 bits per heavy atom. The fourth-order valence-electron chi connectivity index (χ4n) is 2.11. The minimum absolute atomic E-state index is 0.150. The molecule has 6 nitrogen and oxygen atoms in total. The van der Waals surface area contributed by atoms with Crippen LogP contribution < -0.4 is 11.3 Å². The molecular formula is C11H23N3O3S2. The molecule has 0 radical (unpaired) electrons. The maximum absolute atomic E-state index is 11.7. The van der Waals surface area contributed by atoms with E-state index in [0.717, 1.165) is 38.1 Å². The second-order valence-electron chi connectivity index (χ2n) is 4.77. The molecule has 0 spiro atoms. The van der Waals surface area contributed by atoms with E-state index in [0.29, 0.717) is 12.2 Å². The number of thioether (sulfide) groups is 1. The minimum atomic E-state index is -3.01. The molecule has 0 aromatic heterocycles. The van der Waals surface area contributed by atoms with Gasteiger partial charge in [0.1, 0.15) is 5.37 Å². The van der Waals surface area contributed by atoms with Crippen LogP contribution >= 0.6 is 11.8 Å². The first kappa shape index (κ1) is 16.7. The summed E-state index contributed by atoms with van der Waals surface area (Å²) in [5.74, 6) is 6.49. The van der Waals surface area contributed by atoms with Gasteiger partial charge in [-0.1, -0.05) is 6.42 Å². The monoisotopic (exact) mass is 309 g/mol. The zero-order valence-electron chi connectivity index (χ0n) is 11.3. The number of hydrazine groups is 1. The standard InChI is InChI=1S/C11H23N3O3S2/c1-19(16,17)11-9-18-8-7-14(11)6-4-2-3-5-10(15)13-12/h11H,2-9,12H2,1H3,(H,13,15). The normalized spacial score (nSPS) is 21.3. The molecule has 1 amide bonds. The van der Waals surface area contributed by atoms with E-state index < -0.39 is 9.84 Å².